The Morgan fingerprint density at radius 2 is 1.76 bits per heavy atom. The van der Waals surface area contributed by atoms with Crippen molar-refractivity contribution >= 4 is 11.8 Å². The quantitative estimate of drug-likeness (QED) is 0.794. The lowest BCUT2D eigenvalue weighted by Crippen LogP contribution is -2.39. The van der Waals surface area contributed by atoms with E-state index in [0.717, 1.165) is 9.46 Å². The summed E-state index contributed by atoms with van der Waals surface area (Å²) in [5.74, 6) is 0.706. The first-order valence-corrected chi connectivity index (χ1v) is 6.83. The molecule has 108 valence electrons. The molecule has 0 aliphatic heterocycles. The van der Waals surface area contributed by atoms with Crippen molar-refractivity contribution in [3.63, 3.8) is 0 Å². The molecule has 1 heterocycles. The minimum absolute atomic E-state index is 0.0413. The van der Waals surface area contributed by atoms with Crippen molar-refractivity contribution in [1.82, 2.24) is 9.13 Å². The van der Waals surface area contributed by atoms with Crippen LogP contribution in [0.15, 0.2) is 43.8 Å². The highest BCUT2D eigenvalue weighted by Gasteiger charge is 2.16. The van der Waals surface area contributed by atoms with Gasteiger partial charge in [-0.15, -0.1) is 0 Å². The van der Waals surface area contributed by atoms with Gasteiger partial charge < -0.3 is 4.74 Å². The maximum Gasteiger partial charge on any atom is 0.331 e. The second-order valence-electron chi connectivity index (χ2n) is 4.28. The van der Waals surface area contributed by atoms with Crippen molar-refractivity contribution in [1.29, 1.82) is 5.26 Å². The molecule has 1 aromatic heterocycles. The smallest absolute Gasteiger partial charge is 0.331 e. The molecule has 0 saturated heterocycles. The van der Waals surface area contributed by atoms with E-state index < -0.39 is 11.2 Å². The Bertz CT molecular complexity index is 829. The molecule has 21 heavy (non-hydrogen) atoms. The first kappa shape index (κ1) is 14.9. The third kappa shape index (κ3) is 2.71. The average molecular weight is 303 g/mol. The predicted octanol–water partition coefficient (Wildman–Crippen LogP) is 1.12. The number of benzene rings is 1. The number of rotatable bonds is 3. The van der Waals surface area contributed by atoms with Crippen LogP contribution in [-0.2, 0) is 14.1 Å². The molecule has 0 saturated carbocycles. The van der Waals surface area contributed by atoms with E-state index in [4.69, 9.17) is 4.74 Å². The van der Waals surface area contributed by atoms with Crippen molar-refractivity contribution < 1.29 is 4.74 Å². The number of nitrogens with zero attached hydrogens (tertiary/aromatic N) is 3. The third-order valence-electron chi connectivity index (χ3n) is 3.00. The summed E-state index contributed by atoms with van der Waals surface area (Å²) >= 11 is 1.19. The van der Waals surface area contributed by atoms with Crippen molar-refractivity contribution in [3.05, 3.63) is 50.7 Å². The minimum atomic E-state index is -0.586. The maximum atomic E-state index is 12.0. The molecule has 0 N–H and O–H groups in total. The van der Waals surface area contributed by atoms with Gasteiger partial charge in [0.05, 0.1) is 7.11 Å². The van der Waals surface area contributed by atoms with Gasteiger partial charge in [-0.3, -0.25) is 13.9 Å². The van der Waals surface area contributed by atoms with Crippen molar-refractivity contribution in [2.24, 2.45) is 14.1 Å². The van der Waals surface area contributed by atoms with E-state index in [-0.39, 0.29) is 5.56 Å². The van der Waals surface area contributed by atoms with Gasteiger partial charge in [0, 0.05) is 19.0 Å². The zero-order chi connectivity index (χ0) is 15.6. The van der Waals surface area contributed by atoms with Crippen LogP contribution in [0.4, 0.5) is 0 Å². The summed E-state index contributed by atoms with van der Waals surface area (Å²) in [6.07, 6.45) is 0. The van der Waals surface area contributed by atoms with Crippen LogP contribution in [0.5, 0.6) is 5.75 Å². The summed E-state index contributed by atoms with van der Waals surface area (Å²) in [6.45, 7) is 0. The van der Waals surface area contributed by atoms with Gasteiger partial charge in [0.2, 0.25) is 0 Å². The second kappa shape index (κ2) is 5.89. The fourth-order valence-electron chi connectivity index (χ4n) is 1.80. The molecule has 0 amide bonds. The normalized spacial score (nSPS) is 10.2. The molecule has 0 aliphatic rings. The molecule has 0 spiro atoms. The largest absolute Gasteiger partial charge is 0.497 e. The van der Waals surface area contributed by atoms with Gasteiger partial charge in [-0.05, 0) is 24.3 Å². The van der Waals surface area contributed by atoms with E-state index in [1.807, 2.05) is 6.07 Å². The Hall–Kier alpha value is -2.46. The van der Waals surface area contributed by atoms with Crippen molar-refractivity contribution in [2.45, 2.75) is 9.92 Å². The zero-order valence-corrected chi connectivity index (χ0v) is 12.6. The van der Waals surface area contributed by atoms with E-state index in [0.29, 0.717) is 10.8 Å². The molecule has 0 fully saturated rings. The first-order chi connectivity index (χ1) is 9.99. The van der Waals surface area contributed by atoms with Crippen LogP contribution in [0.2, 0.25) is 0 Å². The molecule has 0 aliphatic carbocycles. The lowest BCUT2D eigenvalue weighted by atomic mass is 10.3. The first-order valence-electron chi connectivity index (χ1n) is 6.01. The molecule has 0 radical (unpaired) electrons. The number of aromatic nitrogens is 2. The zero-order valence-electron chi connectivity index (χ0n) is 11.8. The number of nitriles is 1. The highest BCUT2D eigenvalue weighted by molar-refractivity contribution is 7.99. The summed E-state index contributed by atoms with van der Waals surface area (Å²) in [7, 11) is 4.46. The van der Waals surface area contributed by atoms with Crippen LogP contribution < -0.4 is 16.0 Å². The van der Waals surface area contributed by atoms with Gasteiger partial charge in [0.15, 0.2) is 0 Å². The number of methoxy groups -OCH3 is 1. The van der Waals surface area contributed by atoms with E-state index in [1.54, 1.807) is 31.4 Å². The number of hydrogen-bond acceptors (Lipinski definition) is 5. The Balaban J connectivity index is 2.56. The Morgan fingerprint density at radius 1 is 1.14 bits per heavy atom. The molecule has 1 aromatic carbocycles. The molecule has 7 heteroatoms. The van der Waals surface area contributed by atoms with Crippen LogP contribution in [0, 0.1) is 11.3 Å². The standard InChI is InChI=1S/C14H13N3O3S/c1-16-12(18)11(8-15)13(17(2)14(16)19)21-10-6-4-9(20-3)5-7-10/h4-7H,1-3H3. The van der Waals surface area contributed by atoms with Gasteiger partial charge in [0.1, 0.15) is 22.4 Å². The minimum Gasteiger partial charge on any atom is -0.497 e. The van der Waals surface area contributed by atoms with Crippen molar-refractivity contribution in [2.75, 3.05) is 7.11 Å². The molecule has 6 nitrogen and oxygen atoms in total. The fourth-order valence-corrected chi connectivity index (χ4v) is 2.74. The third-order valence-corrected chi connectivity index (χ3v) is 4.18. The molecular formula is C14H13N3O3S. The van der Waals surface area contributed by atoms with E-state index in [1.165, 1.54) is 30.4 Å². The average Bonchev–Trinajstić information content (AvgIpc) is 2.51. The highest BCUT2D eigenvalue weighted by atomic mass is 32.2. The lowest BCUT2D eigenvalue weighted by molar-refractivity contribution is 0.414. The van der Waals surface area contributed by atoms with Crippen LogP contribution in [0.1, 0.15) is 5.56 Å². The fraction of sp³-hybridized carbons (Fsp3) is 0.214. The topological polar surface area (TPSA) is 77.0 Å². The van der Waals surface area contributed by atoms with Crippen LogP contribution >= 0.6 is 11.8 Å². The molecule has 0 unspecified atom stereocenters. The summed E-state index contributed by atoms with van der Waals surface area (Å²) in [4.78, 5) is 24.7. The van der Waals surface area contributed by atoms with E-state index >= 15 is 0 Å². The van der Waals surface area contributed by atoms with Crippen LogP contribution in [0.25, 0.3) is 0 Å². The van der Waals surface area contributed by atoms with E-state index in [2.05, 4.69) is 0 Å². The van der Waals surface area contributed by atoms with Gasteiger partial charge >= 0.3 is 5.69 Å². The number of hydrogen-bond donors (Lipinski definition) is 0. The van der Waals surface area contributed by atoms with Gasteiger partial charge in [0.25, 0.3) is 5.56 Å². The summed E-state index contributed by atoms with van der Waals surface area (Å²) in [5, 5.41) is 9.52. The Morgan fingerprint density at radius 3 is 2.29 bits per heavy atom. The summed E-state index contributed by atoms with van der Waals surface area (Å²) < 4.78 is 7.30. The molecule has 2 rings (SSSR count). The van der Waals surface area contributed by atoms with Crippen molar-refractivity contribution in [3.8, 4) is 11.8 Å². The SMILES string of the molecule is COc1ccc(Sc2c(C#N)c(=O)n(C)c(=O)n2C)cc1. The lowest BCUT2D eigenvalue weighted by Gasteiger charge is -2.11. The molecule has 0 bridgehead atoms. The molecular weight excluding hydrogens is 290 g/mol. The maximum absolute atomic E-state index is 12.0. The van der Waals surface area contributed by atoms with Crippen LogP contribution in [-0.4, -0.2) is 16.2 Å². The Kier molecular flexibility index (Phi) is 4.19. The monoisotopic (exact) mass is 303 g/mol. The molecule has 0 atom stereocenters. The van der Waals surface area contributed by atoms with E-state index in [9.17, 15) is 14.9 Å². The molecule has 2 aromatic rings. The second-order valence-corrected chi connectivity index (χ2v) is 5.34. The van der Waals surface area contributed by atoms with Gasteiger partial charge in [-0.2, -0.15) is 5.26 Å². The Labute approximate surface area is 125 Å². The van der Waals surface area contributed by atoms with Crippen LogP contribution in [0.3, 0.4) is 0 Å². The van der Waals surface area contributed by atoms with Gasteiger partial charge in [-0.1, -0.05) is 11.8 Å². The highest BCUT2D eigenvalue weighted by Crippen LogP contribution is 2.29. The van der Waals surface area contributed by atoms with Gasteiger partial charge in [-0.25, -0.2) is 4.79 Å². The summed E-state index contributed by atoms with van der Waals surface area (Å²) in [6, 6.07) is 9.02. The predicted molar refractivity (Wildman–Crippen MR) is 78.8 cm³/mol. The summed E-state index contributed by atoms with van der Waals surface area (Å²) in [5.41, 5.74) is -1.09. The number of ether oxygens (including phenoxy) is 1.